The number of ether oxygens (including phenoxy) is 1. The summed E-state index contributed by atoms with van der Waals surface area (Å²) in [7, 11) is 0. The van der Waals surface area contributed by atoms with E-state index in [1.807, 2.05) is 0 Å². The smallest absolute Gasteiger partial charge is 0.401 e. The molecule has 17 heavy (non-hydrogen) atoms. The van der Waals surface area contributed by atoms with Crippen molar-refractivity contribution < 1.29 is 22.3 Å². The topological polar surface area (TPSA) is 21.3 Å². The number of rotatable bonds is 5. The third-order valence-corrected chi connectivity index (χ3v) is 2.07. The second-order valence-corrected chi connectivity index (χ2v) is 3.62. The molecule has 0 heterocycles. The Morgan fingerprint density at radius 3 is 2.59 bits per heavy atom. The predicted molar refractivity (Wildman–Crippen MR) is 55.8 cm³/mol. The molecular formula is C10H10ClF4NO. The molecule has 0 aliphatic heterocycles. The molecule has 0 atom stereocenters. The molecule has 0 amide bonds. The van der Waals surface area contributed by atoms with E-state index in [9.17, 15) is 17.6 Å². The maximum atomic E-state index is 12.9. The first-order chi connectivity index (χ1) is 7.88. The van der Waals surface area contributed by atoms with Crippen LogP contribution < -0.4 is 10.1 Å². The van der Waals surface area contributed by atoms with E-state index in [-0.39, 0.29) is 23.9 Å². The van der Waals surface area contributed by atoms with Crippen molar-refractivity contribution in [1.82, 2.24) is 5.32 Å². The second kappa shape index (κ2) is 6.07. The molecule has 1 aromatic rings. The monoisotopic (exact) mass is 271 g/mol. The number of hydrogen-bond acceptors (Lipinski definition) is 2. The zero-order valence-electron chi connectivity index (χ0n) is 8.65. The number of halogens is 5. The highest BCUT2D eigenvalue weighted by Crippen LogP contribution is 2.20. The van der Waals surface area contributed by atoms with E-state index in [0.29, 0.717) is 0 Å². The van der Waals surface area contributed by atoms with E-state index in [4.69, 9.17) is 16.3 Å². The SMILES string of the molecule is Fc1cc(OCCNCC(F)(F)F)ccc1Cl. The molecule has 0 saturated carbocycles. The van der Waals surface area contributed by atoms with Crippen LogP contribution in [0.1, 0.15) is 0 Å². The molecule has 1 N–H and O–H groups in total. The largest absolute Gasteiger partial charge is 0.492 e. The third kappa shape index (κ3) is 5.74. The van der Waals surface area contributed by atoms with Crippen LogP contribution in [0.3, 0.4) is 0 Å². The van der Waals surface area contributed by atoms with Gasteiger partial charge in [0.05, 0.1) is 11.6 Å². The summed E-state index contributed by atoms with van der Waals surface area (Å²) in [4.78, 5) is 0. The van der Waals surface area contributed by atoms with E-state index >= 15 is 0 Å². The van der Waals surface area contributed by atoms with Gasteiger partial charge in [0.15, 0.2) is 0 Å². The van der Waals surface area contributed by atoms with Gasteiger partial charge < -0.3 is 10.1 Å². The lowest BCUT2D eigenvalue weighted by Gasteiger charge is -2.09. The highest BCUT2D eigenvalue weighted by atomic mass is 35.5. The minimum atomic E-state index is -4.24. The summed E-state index contributed by atoms with van der Waals surface area (Å²) in [5.41, 5.74) is 0. The lowest BCUT2D eigenvalue weighted by molar-refractivity contribution is -0.124. The van der Waals surface area contributed by atoms with Gasteiger partial charge in [0.1, 0.15) is 18.2 Å². The average Bonchev–Trinajstić information content (AvgIpc) is 2.21. The van der Waals surface area contributed by atoms with Gasteiger partial charge in [-0.25, -0.2) is 4.39 Å². The summed E-state index contributed by atoms with van der Waals surface area (Å²) in [6.07, 6.45) is -4.24. The van der Waals surface area contributed by atoms with Crippen LogP contribution in [0.15, 0.2) is 18.2 Å². The standard InChI is InChI=1S/C10H10ClF4NO/c11-8-2-1-7(5-9(8)12)17-4-3-16-6-10(13,14)15/h1-2,5,16H,3-4,6H2. The molecule has 0 bridgehead atoms. The lowest BCUT2D eigenvalue weighted by Crippen LogP contribution is -2.31. The molecule has 7 heteroatoms. The molecular weight excluding hydrogens is 262 g/mol. The maximum absolute atomic E-state index is 12.9. The van der Waals surface area contributed by atoms with E-state index in [2.05, 4.69) is 5.32 Å². The third-order valence-electron chi connectivity index (χ3n) is 1.76. The van der Waals surface area contributed by atoms with Crippen molar-refractivity contribution in [1.29, 1.82) is 0 Å². The molecule has 0 fully saturated rings. The quantitative estimate of drug-likeness (QED) is 0.657. The van der Waals surface area contributed by atoms with Gasteiger partial charge in [-0.2, -0.15) is 13.2 Å². The summed E-state index contributed by atoms with van der Waals surface area (Å²) in [6.45, 7) is -1.05. The van der Waals surface area contributed by atoms with Crippen molar-refractivity contribution in [3.05, 3.63) is 29.0 Å². The lowest BCUT2D eigenvalue weighted by atomic mass is 10.3. The number of nitrogens with one attached hydrogen (secondary N) is 1. The van der Waals surface area contributed by atoms with Crippen LogP contribution in [0.4, 0.5) is 17.6 Å². The van der Waals surface area contributed by atoms with Crippen molar-refractivity contribution in [2.75, 3.05) is 19.7 Å². The summed E-state index contributed by atoms with van der Waals surface area (Å²) in [5, 5.41) is 2.12. The molecule has 0 aromatic heterocycles. The van der Waals surface area contributed by atoms with Crippen molar-refractivity contribution in [2.45, 2.75) is 6.18 Å². The normalized spacial score (nSPS) is 11.6. The van der Waals surface area contributed by atoms with Crippen LogP contribution in [0.5, 0.6) is 5.75 Å². The first kappa shape index (κ1) is 14.1. The van der Waals surface area contributed by atoms with Crippen LogP contribution in [0, 0.1) is 5.82 Å². The Morgan fingerprint density at radius 1 is 1.29 bits per heavy atom. The Hall–Kier alpha value is -1.01. The van der Waals surface area contributed by atoms with Gasteiger partial charge in [-0.05, 0) is 12.1 Å². The molecule has 0 aliphatic carbocycles. The van der Waals surface area contributed by atoms with Crippen LogP contribution >= 0.6 is 11.6 Å². The molecule has 1 rings (SSSR count). The van der Waals surface area contributed by atoms with E-state index in [0.717, 1.165) is 6.07 Å². The Morgan fingerprint density at radius 2 is 2.00 bits per heavy atom. The van der Waals surface area contributed by atoms with Crippen LogP contribution in [0.2, 0.25) is 5.02 Å². The second-order valence-electron chi connectivity index (χ2n) is 3.22. The zero-order valence-corrected chi connectivity index (χ0v) is 9.41. The van der Waals surface area contributed by atoms with Crippen LogP contribution in [0.25, 0.3) is 0 Å². The molecule has 2 nitrogen and oxygen atoms in total. The number of hydrogen-bond donors (Lipinski definition) is 1. The molecule has 0 radical (unpaired) electrons. The van der Waals surface area contributed by atoms with Gasteiger partial charge in [0, 0.05) is 12.6 Å². The van der Waals surface area contributed by atoms with E-state index in [1.165, 1.54) is 12.1 Å². The summed E-state index contributed by atoms with van der Waals surface area (Å²) < 4.78 is 53.2. The zero-order chi connectivity index (χ0) is 12.9. The minimum absolute atomic E-state index is 0.0111. The Balaban J connectivity index is 2.25. The van der Waals surface area contributed by atoms with Crippen LogP contribution in [-0.4, -0.2) is 25.9 Å². The first-order valence-electron chi connectivity index (χ1n) is 4.74. The Bertz CT molecular complexity index is 370. The van der Waals surface area contributed by atoms with Crippen molar-refractivity contribution in [2.24, 2.45) is 0 Å². The summed E-state index contributed by atoms with van der Waals surface area (Å²) in [6, 6.07) is 3.83. The maximum Gasteiger partial charge on any atom is 0.401 e. The Kier molecular flexibility index (Phi) is 5.02. The fourth-order valence-electron chi connectivity index (χ4n) is 1.04. The van der Waals surface area contributed by atoms with Crippen LogP contribution in [-0.2, 0) is 0 Å². The van der Waals surface area contributed by atoms with Gasteiger partial charge in [-0.1, -0.05) is 11.6 Å². The minimum Gasteiger partial charge on any atom is -0.492 e. The van der Waals surface area contributed by atoms with Gasteiger partial charge in [0.25, 0.3) is 0 Å². The van der Waals surface area contributed by atoms with Gasteiger partial charge in [-0.3, -0.25) is 0 Å². The van der Waals surface area contributed by atoms with Crippen molar-refractivity contribution in [3.63, 3.8) is 0 Å². The summed E-state index contributed by atoms with van der Waals surface area (Å²) >= 11 is 5.45. The molecule has 0 aliphatic rings. The molecule has 0 spiro atoms. The fourth-order valence-corrected chi connectivity index (χ4v) is 1.16. The van der Waals surface area contributed by atoms with E-state index in [1.54, 1.807) is 0 Å². The number of alkyl halides is 3. The first-order valence-corrected chi connectivity index (χ1v) is 5.11. The molecule has 1 aromatic carbocycles. The summed E-state index contributed by atoms with van der Waals surface area (Å²) in [5.74, 6) is -0.409. The predicted octanol–water partition coefficient (Wildman–Crippen LogP) is 3.01. The molecule has 96 valence electrons. The number of benzene rings is 1. The fraction of sp³-hybridized carbons (Fsp3) is 0.400. The highest BCUT2D eigenvalue weighted by molar-refractivity contribution is 6.30. The molecule has 0 unspecified atom stereocenters. The van der Waals surface area contributed by atoms with E-state index < -0.39 is 18.5 Å². The van der Waals surface area contributed by atoms with Gasteiger partial charge in [-0.15, -0.1) is 0 Å². The highest BCUT2D eigenvalue weighted by Gasteiger charge is 2.25. The van der Waals surface area contributed by atoms with Crippen molar-refractivity contribution in [3.8, 4) is 5.75 Å². The Labute approximate surface area is 101 Å². The molecule has 0 saturated heterocycles. The van der Waals surface area contributed by atoms with Crippen molar-refractivity contribution >= 4 is 11.6 Å². The average molecular weight is 272 g/mol. The van der Waals surface area contributed by atoms with Gasteiger partial charge in [0.2, 0.25) is 0 Å². The van der Waals surface area contributed by atoms with Gasteiger partial charge >= 0.3 is 6.18 Å².